The fourth-order valence-electron chi connectivity index (χ4n) is 3.28. The second-order valence-corrected chi connectivity index (χ2v) is 8.89. The van der Waals surface area contributed by atoms with Crippen molar-refractivity contribution in [1.29, 1.82) is 0 Å². The van der Waals surface area contributed by atoms with Crippen molar-refractivity contribution in [3.8, 4) is 0 Å². The molecule has 1 unspecified atom stereocenters. The van der Waals surface area contributed by atoms with Gasteiger partial charge in [-0.1, -0.05) is 78.4 Å². The number of rotatable bonds is 8. The zero-order valence-corrected chi connectivity index (χ0v) is 17.9. The Morgan fingerprint density at radius 1 is 0.900 bits per heavy atom. The van der Waals surface area contributed by atoms with Gasteiger partial charge in [0.2, 0.25) is 10.0 Å². The van der Waals surface area contributed by atoms with Crippen LogP contribution in [-0.2, 0) is 26.0 Å². The molecule has 0 aromatic heterocycles. The lowest BCUT2D eigenvalue weighted by molar-refractivity contribution is -0.145. The number of carbonyl (C=O) groups is 1. The molecule has 0 bridgehead atoms. The van der Waals surface area contributed by atoms with Crippen molar-refractivity contribution in [1.82, 2.24) is 4.31 Å². The molecule has 0 aliphatic heterocycles. The highest BCUT2D eigenvalue weighted by molar-refractivity contribution is 7.89. The molecular weight excluding hydrogens is 398 g/mol. The normalized spacial score (nSPS) is 12.5. The Hall–Kier alpha value is -2.96. The van der Waals surface area contributed by atoms with Crippen LogP contribution in [0.5, 0.6) is 0 Å². The highest BCUT2D eigenvalue weighted by atomic mass is 32.2. The van der Waals surface area contributed by atoms with Gasteiger partial charge in [-0.05, 0) is 36.6 Å². The third-order valence-corrected chi connectivity index (χ3v) is 6.80. The van der Waals surface area contributed by atoms with Crippen LogP contribution < -0.4 is 0 Å². The maximum absolute atomic E-state index is 13.6. The van der Waals surface area contributed by atoms with Gasteiger partial charge in [0.1, 0.15) is 6.04 Å². The molecule has 0 spiro atoms. The molecule has 6 heteroatoms. The molecule has 1 atom stereocenters. The smallest absolute Gasteiger partial charge is 0.328 e. The van der Waals surface area contributed by atoms with Crippen LogP contribution in [0.3, 0.4) is 0 Å². The summed E-state index contributed by atoms with van der Waals surface area (Å²) in [6.45, 7) is 2.03. The minimum absolute atomic E-state index is 0.134. The minimum Gasteiger partial charge on any atom is -0.468 e. The summed E-state index contributed by atoms with van der Waals surface area (Å²) in [7, 11) is -2.69. The first-order valence-electron chi connectivity index (χ1n) is 9.68. The quantitative estimate of drug-likeness (QED) is 0.511. The second kappa shape index (κ2) is 9.69. The number of benzene rings is 3. The fraction of sp³-hybridized carbons (Fsp3) is 0.208. The van der Waals surface area contributed by atoms with Crippen LogP contribution in [0.1, 0.15) is 22.7 Å². The van der Waals surface area contributed by atoms with Crippen LogP contribution in [0.2, 0.25) is 0 Å². The van der Waals surface area contributed by atoms with Crippen LogP contribution >= 0.6 is 0 Å². The average Bonchev–Trinajstić information content (AvgIpc) is 2.77. The van der Waals surface area contributed by atoms with E-state index >= 15 is 0 Å². The van der Waals surface area contributed by atoms with Gasteiger partial charge in [-0.2, -0.15) is 4.31 Å². The molecule has 156 valence electrons. The van der Waals surface area contributed by atoms with Crippen molar-refractivity contribution in [2.45, 2.75) is 24.3 Å². The summed E-state index contributed by atoms with van der Waals surface area (Å²) in [6, 6.07) is 24.0. The van der Waals surface area contributed by atoms with E-state index in [1.807, 2.05) is 43.3 Å². The number of nitrogens with zero attached hydrogens (tertiary/aromatic N) is 1. The zero-order valence-electron chi connectivity index (χ0n) is 17.1. The average molecular weight is 424 g/mol. The number of aryl methyl sites for hydroxylation is 1. The van der Waals surface area contributed by atoms with Gasteiger partial charge in [0.15, 0.2) is 0 Å². The third-order valence-electron chi connectivity index (χ3n) is 4.92. The van der Waals surface area contributed by atoms with Crippen LogP contribution in [0.15, 0.2) is 89.8 Å². The van der Waals surface area contributed by atoms with E-state index in [0.717, 1.165) is 11.1 Å². The first-order chi connectivity index (χ1) is 14.4. The largest absolute Gasteiger partial charge is 0.468 e. The third kappa shape index (κ3) is 4.96. The molecular formula is C24H25NO4S. The summed E-state index contributed by atoms with van der Waals surface area (Å²) in [5.74, 6) is -0.620. The van der Waals surface area contributed by atoms with Gasteiger partial charge in [-0.3, -0.25) is 0 Å². The maximum Gasteiger partial charge on any atom is 0.328 e. The minimum atomic E-state index is -3.96. The Morgan fingerprint density at radius 3 is 2.03 bits per heavy atom. The molecule has 0 saturated heterocycles. The summed E-state index contributed by atoms with van der Waals surface area (Å²) in [4.78, 5) is 12.9. The van der Waals surface area contributed by atoms with E-state index in [-0.39, 0.29) is 11.4 Å². The Bertz CT molecular complexity index is 1070. The van der Waals surface area contributed by atoms with Crippen molar-refractivity contribution in [3.05, 3.63) is 102 Å². The summed E-state index contributed by atoms with van der Waals surface area (Å²) < 4.78 is 33.5. The highest BCUT2D eigenvalue weighted by Gasteiger charge is 2.37. The lowest BCUT2D eigenvalue weighted by Crippen LogP contribution is -2.40. The number of methoxy groups -OCH3 is 1. The van der Waals surface area contributed by atoms with E-state index in [1.54, 1.807) is 48.5 Å². The van der Waals surface area contributed by atoms with E-state index < -0.39 is 22.0 Å². The van der Waals surface area contributed by atoms with Crippen LogP contribution in [0, 0.1) is 6.92 Å². The van der Waals surface area contributed by atoms with E-state index in [4.69, 9.17) is 4.74 Å². The van der Waals surface area contributed by atoms with Crippen molar-refractivity contribution in [2.75, 3.05) is 13.7 Å². The summed E-state index contributed by atoms with van der Waals surface area (Å²) >= 11 is 0. The Balaban J connectivity index is 2.07. The molecule has 3 rings (SSSR count). The van der Waals surface area contributed by atoms with Crippen LogP contribution in [0.4, 0.5) is 0 Å². The van der Waals surface area contributed by atoms with Gasteiger partial charge >= 0.3 is 5.97 Å². The standard InChI is InChI=1S/C24H25NO4S/c1-19-13-15-22(16-14-19)30(27,28)25(18-17-20-9-5-3-6-10-20)23(24(26)29-2)21-11-7-4-8-12-21/h3-16,23H,17-18H2,1-2H3. The summed E-state index contributed by atoms with van der Waals surface area (Å²) in [5, 5.41) is 0. The molecule has 0 fully saturated rings. The highest BCUT2D eigenvalue weighted by Crippen LogP contribution is 2.29. The van der Waals surface area contributed by atoms with Gasteiger partial charge in [0, 0.05) is 6.54 Å². The number of sulfonamides is 1. The van der Waals surface area contributed by atoms with E-state index in [2.05, 4.69) is 0 Å². The summed E-state index contributed by atoms with van der Waals surface area (Å²) in [6.07, 6.45) is 0.465. The van der Waals surface area contributed by atoms with E-state index in [1.165, 1.54) is 11.4 Å². The molecule has 5 nitrogen and oxygen atoms in total. The lowest BCUT2D eigenvalue weighted by atomic mass is 10.1. The Labute approximate surface area is 178 Å². The molecule has 3 aromatic carbocycles. The SMILES string of the molecule is COC(=O)C(c1ccccc1)N(CCc1ccccc1)S(=O)(=O)c1ccc(C)cc1. The Kier molecular flexibility index (Phi) is 7.03. The van der Waals surface area contributed by atoms with Gasteiger partial charge in [-0.25, -0.2) is 13.2 Å². The topological polar surface area (TPSA) is 63.7 Å². The zero-order chi connectivity index (χ0) is 21.6. The number of hydrogen-bond acceptors (Lipinski definition) is 4. The molecule has 0 heterocycles. The predicted octanol–water partition coefficient (Wildman–Crippen LogP) is 4.14. The van der Waals surface area contributed by atoms with E-state index in [0.29, 0.717) is 12.0 Å². The number of ether oxygens (including phenoxy) is 1. The van der Waals surface area contributed by atoms with Gasteiger partial charge in [-0.15, -0.1) is 0 Å². The number of hydrogen-bond donors (Lipinski definition) is 0. The molecule has 0 amide bonds. The molecule has 3 aromatic rings. The monoisotopic (exact) mass is 423 g/mol. The number of carbonyl (C=O) groups excluding carboxylic acids is 1. The molecule has 0 aliphatic carbocycles. The van der Waals surface area contributed by atoms with Crippen molar-refractivity contribution < 1.29 is 17.9 Å². The molecule has 30 heavy (non-hydrogen) atoms. The van der Waals surface area contributed by atoms with Crippen LogP contribution in [-0.4, -0.2) is 32.3 Å². The van der Waals surface area contributed by atoms with Crippen molar-refractivity contribution in [2.24, 2.45) is 0 Å². The predicted molar refractivity (Wildman–Crippen MR) is 116 cm³/mol. The lowest BCUT2D eigenvalue weighted by Gasteiger charge is -2.29. The first kappa shape index (κ1) is 21.7. The Morgan fingerprint density at radius 2 is 1.47 bits per heavy atom. The first-order valence-corrected chi connectivity index (χ1v) is 11.1. The van der Waals surface area contributed by atoms with Crippen molar-refractivity contribution >= 4 is 16.0 Å². The van der Waals surface area contributed by atoms with Gasteiger partial charge < -0.3 is 4.74 Å². The number of esters is 1. The van der Waals surface area contributed by atoms with Crippen molar-refractivity contribution in [3.63, 3.8) is 0 Å². The molecule has 0 N–H and O–H groups in total. The second-order valence-electron chi connectivity index (χ2n) is 7.00. The summed E-state index contributed by atoms with van der Waals surface area (Å²) in [5.41, 5.74) is 2.50. The van der Waals surface area contributed by atoms with E-state index in [9.17, 15) is 13.2 Å². The molecule has 0 radical (unpaired) electrons. The molecule has 0 aliphatic rings. The van der Waals surface area contributed by atoms with Gasteiger partial charge in [0.25, 0.3) is 0 Å². The van der Waals surface area contributed by atoms with Crippen LogP contribution in [0.25, 0.3) is 0 Å². The maximum atomic E-state index is 13.6. The fourth-order valence-corrected chi connectivity index (χ4v) is 4.85. The molecule has 0 saturated carbocycles. The van der Waals surface area contributed by atoms with Gasteiger partial charge in [0.05, 0.1) is 12.0 Å².